The Labute approximate surface area is 130 Å². The highest BCUT2D eigenvalue weighted by Crippen LogP contribution is 2.31. The summed E-state index contributed by atoms with van der Waals surface area (Å²) in [6.07, 6.45) is 0. The van der Waals surface area contributed by atoms with Crippen LogP contribution in [0.3, 0.4) is 0 Å². The molecule has 0 saturated heterocycles. The molecule has 1 aromatic heterocycles. The summed E-state index contributed by atoms with van der Waals surface area (Å²) in [5.41, 5.74) is 1.79. The number of para-hydroxylation sites is 1. The number of carbonyl (C=O) groups is 1. The van der Waals surface area contributed by atoms with Gasteiger partial charge in [0, 0.05) is 5.69 Å². The number of benzene rings is 2. The van der Waals surface area contributed by atoms with E-state index in [1.165, 1.54) is 14.2 Å². The van der Waals surface area contributed by atoms with E-state index in [1.807, 2.05) is 0 Å². The van der Waals surface area contributed by atoms with Crippen molar-refractivity contribution in [2.45, 2.75) is 0 Å². The molecule has 0 radical (unpaired) electrons. The van der Waals surface area contributed by atoms with E-state index >= 15 is 0 Å². The second-order valence-corrected chi connectivity index (χ2v) is 4.72. The Morgan fingerprint density at radius 1 is 1.17 bits per heavy atom. The number of amides is 1. The van der Waals surface area contributed by atoms with E-state index < -0.39 is 5.76 Å². The normalized spacial score (nSPS) is 10.5. The molecule has 118 valence electrons. The first kappa shape index (κ1) is 14.7. The molecule has 0 aliphatic carbocycles. The first-order valence-electron chi connectivity index (χ1n) is 6.77. The fourth-order valence-electron chi connectivity index (χ4n) is 2.29. The molecule has 0 aliphatic heterocycles. The minimum Gasteiger partial charge on any atom is -0.493 e. The fraction of sp³-hybridized carbons (Fsp3) is 0.125. The van der Waals surface area contributed by atoms with Gasteiger partial charge >= 0.3 is 5.76 Å². The van der Waals surface area contributed by atoms with E-state index in [4.69, 9.17) is 13.9 Å². The first-order valence-corrected chi connectivity index (χ1v) is 6.77. The number of rotatable bonds is 4. The van der Waals surface area contributed by atoms with Gasteiger partial charge in [0.2, 0.25) is 0 Å². The van der Waals surface area contributed by atoms with Crippen LogP contribution in [0.4, 0.5) is 5.69 Å². The van der Waals surface area contributed by atoms with E-state index in [2.05, 4.69) is 10.3 Å². The number of fused-ring (bicyclic) bond motifs is 1. The van der Waals surface area contributed by atoms with Gasteiger partial charge in [-0.15, -0.1) is 0 Å². The summed E-state index contributed by atoms with van der Waals surface area (Å²) in [6.45, 7) is 0. The number of methoxy groups -OCH3 is 2. The molecule has 0 saturated carbocycles. The third-order valence-corrected chi connectivity index (χ3v) is 3.32. The van der Waals surface area contributed by atoms with Crippen molar-refractivity contribution in [1.29, 1.82) is 0 Å². The predicted molar refractivity (Wildman–Crippen MR) is 84.3 cm³/mol. The summed E-state index contributed by atoms with van der Waals surface area (Å²) >= 11 is 0. The highest BCUT2D eigenvalue weighted by atomic mass is 16.5. The zero-order valence-electron chi connectivity index (χ0n) is 12.5. The summed E-state index contributed by atoms with van der Waals surface area (Å²) in [5, 5.41) is 2.75. The Hall–Kier alpha value is -3.22. The molecule has 2 aromatic carbocycles. The molecule has 0 bridgehead atoms. The number of anilines is 1. The maximum atomic E-state index is 12.5. The van der Waals surface area contributed by atoms with Crippen LogP contribution in [-0.2, 0) is 0 Å². The van der Waals surface area contributed by atoms with E-state index in [-0.39, 0.29) is 5.91 Å². The van der Waals surface area contributed by atoms with Crippen LogP contribution in [0, 0.1) is 0 Å². The van der Waals surface area contributed by atoms with Gasteiger partial charge in [-0.1, -0.05) is 6.07 Å². The molecule has 0 unspecified atom stereocenters. The molecule has 2 N–H and O–H groups in total. The smallest absolute Gasteiger partial charge is 0.417 e. The van der Waals surface area contributed by atoms with Crippen molar-refractivity contribution >= 4 is 22.7 Å². The maximum absolute atomic E-state index is 12.5. The van der Waals surface area contributed by atoms with Gasteiger partial charge in [-0.2, -0.15) is 0 Å². The van der Waals surface area contributed by atoms with E-state index in [9.17, 15) is 9.59 Å². The lowest BCUT2D eigenvalue weighted by Gasteiger charge is -2.12. The van der Waals surface area contributed by atoms with E-state index in [0.717, 1.165) is 0 Å². The minimum absolute atomic E-state index is 0.340. The van der Waals surface area contributed by atoms with Gasteiger partial charge in [-0.3, -0.25) is 9.78 Å². The lowest BCUT2D eigenvalue weighted by atomic mass is 10.1. The minimum atomic E-state index is -0.544. The van der Waals surface area contributed by atoms with Crippen molar-refractivity contribution in [3.8, 4) is 11.5 Å². The Bertz CT molecular complexity index is 926. The maximum Gasteiger partial charge on any atom is 0.417 e. The number of H-pyrrole nitrogens is 1. The molecule has 23 heavy (non-hydrogen) atoms. The van der Waals surface area contributed by atoms with Gasteiger partial charge < -0.3 is 19.2 Å². The van der Waals surface area contributed by atoms with Crippen LogP contribution < -0.4 is 20.5 Å². The second kappa shape index (κ2) is 5.88. The quantitative estimate of drug-likeness (QED) is 0.771. The summed E-state index contributed by atoms with van der Waals surface area (Å²) in [4.78, 5) is 26.2. The third-order valence-electron chi connectivity index (χ3n) is 3.32. The van der Waals surface area contributed by atoms with Gasteiger partial charge in [0.15, 0.2) is 17.1 Å². The summed E-state index contributed by atoms with van der Waals surface area (Å²) in [5.74, 6) is -0.0797. The Balaban J connectivity index is 1.92. The molecule has 7 heteroatoms. The molecule has 0 aliphatic rings. The van der Waals surface area contributed by atoms with Crippen LogP contribution in [0.2, 0.25) is 0 Å². The van der Waals surface area contributed by atoms with Crippen LogP contribution in [0.5, 0.6) is 11.5 Å². The number of hydrogen-bond donors (Lipinski definition) is 2. The third kappa shape index (κ3) is 2.76. The average molecular weight is 314 g/mol. The molecule has 0 fully saturated rings. The van der Waals surface area contributed by atoms with Crippen LogP contribution in [-0.4, -0.2) is 25.1 Å². The number of aromatic nitrogens is 1. The van der Waals surface area contributed by atoms with Crippen molar-refractivity contribution in [3.05, 3.63) is 52.5 Å². The van der Waals surface area contributed by atoms with Crippen molar-refractivity contribution < 1.29 is 18.7 Å². The monoisotopic (exact) mass is 314 g/mol. The van der Waals surface area contributed by atoms with Crippen molar-refractivity contribution in [3.63, 3.8) is 0 Å². The molecular formula is C16H14N2O5. The number of hydrogen-bond acceptors (Lipinski definition) is 5. The molecule has 1 amide bonds. The SMILES string of the molecule is COc1cccc(C(=O)Nc2ccc3oc(=O)[nH]c3c2)c1OC. The van der Waals surface area contributed by atoms with Crippen LogP contribution in [0.25, 0.3) is 11.1 Å². The Morgan fingerprint density at radius 3 is 2.74 bits per heavy atom. The number of oxazole rings is 1. The van der Waals surface area contributed by atoms with Crippen molar-refractivity contribution in [2.75, 3.05) is 19.5 Å². The molecule has 3 rings (SSSR count). The Morgan fingerprint density at radius 2 is 2.00 bits per heavy atom. The summed E-state index contributed by atoms with van der Waals surface area (Å²) in [7, 11) is 2.97. The van der Waals surface area contributed by atoms with E-state index in [1.54, 1.807) is 36.4 Å². The molecular weight excluding hydrogens is 300 g/mol. The summed E-state index contributed by atoms with van der Waals surface area (Å²) in [6, 6.07) is 9.90. The lowest BCUT2D eigenvalue weighted by molar-refractivity contribution is 0.102. The fourth-order valence-corrected chi connectivity index (χ4v) is 2.29. The van der Waals surface area contributed by atoms with Gasteiger partial charge in [0.1, 0.15) is 0 Å². The number of aromatic amines is 1. The molecule has 1 heterocycles. The number of carbonyl (C=O) groups excluding carboxylic acids is 1. The number of nitrogens with one attached hydrogen (secondary N) is 2. The van der Waals surface area contributed by atoms with Crippen LogP contribution in [0.15, 0.2) is 45.6 Å². The first-order chi connectivity index (χ1) is 11.1. The highest BCUT2D eigenvalue weighted by molar-refractivity contribution is 6.07. The standard InChI is InChI=1S/C16H14N2O5/c1-21-13-5-3-4-10(14(13)22-2)15(19)17-9-6-7-12-11(8-9)18-16(20)23-12/h3-8H,1-2H3,(H,17,19)(H,18,20). The molecule has 7 nitrogen and oxygen atoms in total. The highest BCUT2D eigenvalue weighted by Gasteiger charge is 2.16. The van der Waals surface area contributed by atoms with Gasteiger partial charge in [-0.05, 0) is 30.3 Å². The molecule has 0 atom stereocenters. The molecule has 3 aromatic rings. The van der Waals surface area contributed by atoms with Crippen molar-refractivity contribution in [1.82, 2.24) is 4.98 Å². The topological polar surface area (TPSA) is 93.6 Å². The van der Waals surface area contributed by atoms with Gasteiger partial charge in [-0.25, -0.2) is 4.79 Å². The zero-order chi connectivity index (χ0) is 16.4. The largest absolute Gasteiger partial charge is 0.493 e. The van der Waals surface area contributed by atoms with Gasteiger partial charge in [0.05, 0.1) is 25.3 Å². The molecule has 0 spiro atoms. The average Bonchev–Trinajstić information content (AvgIpc) is 2.93. The predicted octanol–water partition coefficient (Wildman–Crippen LogP) is 2.39. The Kier molecular flexibility index (Phi) is 3.76. The zero-order valence-corrected chi connectivity index (χ0v) is 12.5. The summed E-state index contributed by atoms with van der Waals surface area (Å²) < 4.78 is 15.4. The lowest BCUT2D eigenvalue weighted by Crippen LogP contribution is -2.13. The second-order valence-electron chi connectivity index (χ2n) is 4.72. The van der Waals surface area contributed by atoms with Crippen LogP contribution >= 0.6 is 0 Å². The van der Waals surface area contributed by atoms with Gasteiger partial charge in [0.25, 0.3) is 5.91 Å². The van der Waals surface area contributed by atoms with Crippen molar-refractivity contribution in [2.24, 2.45) is 0 Å². The van der Waals surface area contributed by atoms with E-state index in [0.29, 0.717) is 33.8 Å². The van der Waals surface area contributed by atoms with Crippen LogP contribution in [0.1, 0.15) is 10.4 Å². The number of ether oxygens (including phenoxy) is 2.